The number of hydrogen-bond donors (Lipinski definition) is 2. The molecule has 2 N–H and O–H groups in total. The predicted molar refractivity (Wildman–Crippen MR) is 76.3 cm³/mol. The van der Waals surface area contributed by atoms with Crippen molar-refractivity contribution >= 4 is 23.2 Å². The largest absolute Gasteiger partial charge is 0.322 e. The van der Waals surface area contributed by atoms with Crippen LogP contribution in [-0.4, -0.2) is 5.91 Å². The van der Waals surface area contributed by atoms with Crippen LogP contribution in [0.1, 0.15) is 21.5 Å². The smallest absolute Gasteiger partial charge is 0.255 e. The molecule has 20 heavy (non-hydrogen) atoms. The van der Waals surface area contributed by atoms with E-state index in [1.807, 2.05) is 12.1 Å². The van der Waals surface area contributed by atoms with Crippen molar-refractivity contribution < 1.29 is 9.18 Å². The number of hydrogen-bond acceptors (Lipinski definition) is 2. The maximum absolute atomic E-state index is 13.3. The lowest BCUT2D eigenvalue weighted by molar-refractivity contribution is 0.102. The molecule has 0 unspecified atom stereocenters. The minimum atomic E-state index is -0.553. The number of nitrogens with one attached hydrogen (secondary N) is 2. The van der Waals surface area contributed by atoms with E-state index in [2.05, 4.69) is 10.6 Å². The summed E-state index contributed by atoms with van der Waals surface area (Å²) in [5, 5.41) is 5.91. The molecule has 3 nitrogen and oxygen atoms in total. The van der Waals surface area contributed by atoms with E-state index in [1.165, 1.54) is 17.7 Å². The first kappa shape index (κ1) is 13.1. The van der Waals surface area contributed by atoms with Crippen LogP contribution in [0.25, 0.3) is 0 Å². The van der Waals surface area contributed by atoms with Gasteiger partial charge in [-0.15, -0.1) is 0 Å². The van der Waals surface area contributed by atoms with E-state index < -0.39 is 5.82 Å². The van der Waals surface area contributed by atoms with Gasteiger partial charge in [0.05, 0.1) is 5.02 Å². The van der Waals surface area contributed by atoms with Crippen molar-refractivity contribution in [1.82, 2.24) is 5.32 Å². The van der Waals surface area contributed by atoms with Crippen molar-refractivity contribution in [3.05, 3.63) is 63.9 Å². The van der Waals surface area contributed by atoms with Gasteiger partial charge in [-0.05, 0) is 41.5 Å². The molecule has 0 atom stereocenters. The van der Waals surface area contributed by atoms with Gasteiger partial charge in [0, 0.05) is 24.3 Å². The Balaban J connectivity index is 1.80. The van der Waals surface area contributed by atoms with Gasteiger partial charge in [-0.2, -0.15) is 0 Å². The number of rotatable bonds is 2. The molecular formula is C15H12ClFN2O. The Morgan fingerprint density at radius 2 is 1.95 bits per heavy atom. The summed E-state index contributed by atoms with van der Waals surface area (Å²) < 4.78 is 13.3. The number of amides is 1. The van der Waals surface area contributed by atoms with E-state index in [0.29, 0.717) is 11.3 Å². The van der Waals surface area contributed by atoms with Crippen LogP contribution < -0.4 is 10.6 Å². The maximum Gasteiger partial charge on any atom is 0.255 e. The molecule has 102 valence electrons. The summed E-state index contributed by atoms with van der Waals surface area (Å²) in [6, 6.07) is 9.75. The van der Waals surface area contributed by atoms with Gasteiger partial charge in [0.1, 0.15) is 5.82 Å². The van der Waals surface area contributed by atoms with E-state index in [9.17, 15) is 9.18 Å². The molecule has 1 amide bonds. The fraction of sp³-hybridized carbons (Fsp3) is 0.133. The zero-order valence-electron chi connectivity index (χ0n) is 10.5. The molecule has 1 heterocycles. The monoisotopic (exact) mass is 290 g/mol. The zero-order chi connectivity index (χ0) is 14.1. The minimum absolute atomic E-state index is 0.0339. The van der Waals surface area contributed by atoms with E-state index in [1.54, 1.807) is 12.1 Å². The third kappa shape index (κ3) is 2.53. The lowest BCUT2D eigenvalue weighted by Crippen LogP contribution is -2.12. The number of anilines is 1. The Morgan fingerprint density at radius 1 is 1.15 bits per heavy atom. The average molecular weight is 291 g/mol. The van der Waals surface area contributed by atoms with Gasteiger partial charge in [0.15, 0.2) is 0 Å². The second-order valence-electron chi connectivity index (χ2n) is 4.67. The Kier molecular flexibility index (Phi) is 3.42. The topological polar surface area (TPSA) is 41.1 Å². The first-order valence-corrected chi connectivity index (χ1v) is 6.60. The molecule has 0 saturated heterocycles. The van der Waals surface area contributed by atoms with Crippen LogP contribution in [-0.2, 0) is 13.1 Å². The summed E-state index contributed by atoms with van der Waals surface area (Å²) in [6.07, 6.45) is 0. The summed E-state index contributed by atoms with van der Waals surface area (Å²) in [6.45, 7) is 1.60. The maximum atomic E-state index is 13.3. The normalized spacial score (nSPS) is 13.1. The van der Waals surface area contributed by atoms with E-state index >= 15 is 0 Å². The van der Waals surface area contributed by atoms with Gasteiger partial charge in [-0.1, -0.05) is 17.7 Å². The Hall–Kier alpha value is -1.91. The van der Waals surface area contributed by atoms with Crippen LogP contribution >= 0.6 is 11.6 Å². The van der Waals surface area contributed by atoms with Gasteiger partial charge in [-0.25, -0.2) is 4.39 Å². The Labute approximate surface area is 120 Å². The Bertz CT molecular complexity index is 688. The van der Waals surface area contributed by atoms with Gasteiger partial charge >= 0.3 is 0 Å². The average Bonchev–Trinajstić information content (AvgIpc) is 2.90. The molecule has 0 aromatic heterocycles. The fourth-order valence-corrected chi connectivity index (χ4v) is 2.33. The molecule has 2 aromatic rings. The second kappa shape index (κ2) is 5.23. The van der Waals surface area contributed by atoms with Gasteiger partial charge in [0.25, 0.3) is 5.91 Å². The zero-order valence-corrected chi connectivity index (χ0v) is 11.3. The molecule has 0 spiro atoms. The lowest BCUT2D eigenvalue weighted by atomic mass is 10.1. The summed E-state index contributed by atoms with van der Waals surface area (Å²) in [5.41, 5.74) is 3.28. The van der Waals surface area contributed by atoms with E-state index in [-0.39, 0.29) is 10.9 Å². The molecule has 0 bridgehead atoms. The standard InChI is InChI=1S/C15H12ClFN2O/c16-13-4-3-12(6-14(13)17)19-15(20)9-1-2-10-7-18-8-11(10)5-9/h1-6,18H,7-8H2,(H,19,20). The molecule has 1 aliphatic rings. The number of fused-ring (bicyclic) bond motifs is 1. The molecule has 5 heteroatoms. The summed E-state index contributed by atoms with van der Waals surface area (Å²) >= 11 is 5.60. The quantitative estimate of drug-likeness (QED) is 0.891. The molecule has 0 radical (unpaired) electrons. The highest BCUT2D eigenvalue weighted by molar-refractivity contribution is 6.30. The van der Waals surface area contributed by atoms with E-state index in [0.717, 1.165) is 18.7 Å². The number of carbonyl (C=O) groups excluding carboxylic acids is 1. The van der Waals surface area contributed by atoms with Gasteiger partial charge < -0.3 is 10.6 Å². The molecular weight excluding hydrogens is 279 g/mol. The third-order valence-corrected chi connectivity index (χ3v) is 3.58. The molecule has 1 aliphatic heterocycles. The minimum Gasteiger partial charge on any atom is -0.322 e. The SMILES string of the molecule is O=C(Nc1ccc(Cl)c(F)c1)c1ccc2c(c1)CNC2. The highest BCUT2D eigenvalue weighted by Gasteiger charge is 2.14. The van der Waals surface area contributed by atoms with E-state index in [4.69, 9.17) is 11.6 Å². The molecule has 2 aromatic carbocycles. The van der Waals surface area contributed by atoms with Crippen molar-refractivity contribution in [2.45, 2.75) is 13.1 Å². The number of carbonyl (C=O) groups is 1. The highest BCUT2D eigenvalue weighted by Crippen LogP contribution is 2.21. The fourth-order valence-electron chi connectivity index (χ4n) is 2.21. The van der Waals surface area contributed by atoms with Crippen molar-refractivity contribution in [2.75, 3.05) is 5.32 Å². The van der Waals surface area contributed by atoms with Crippen molar-refractivity contribution in [3.63, 3.8) is 0 Å². The van der Waals surface area contributed by atoms with Crippen molar-refractivity contribution in [3.8, 4) is 0 Å². The number of benzene rings is 2. The van der Waals surface area contributed by atoms with Gasteiger partial charge in [-0.3, -0.25) is 4.79 Å². The third-order valence-electron chi connectivity index (χ3n) is 3.28. The molecule has 0 fully saturated rings. The summed E-state index contributed by atoms with van der Waals surface area (Å²) in [4.78, 5) is 12.1. The van der Waals surface area contributed by atoms with Gasteiger partial charge in [0.2, 0.25) is 0 Å². The molecule has 0 saturated carbocycles. The van der Waals surface area contributed by atoms with Crippen LogP contribution in [0.15, 0.2) is 36.4 Å². The van der Waals surface area contributed by atoms with Crippen LogP contribution in [0, 0.1) is 5.82 Å². The number of halogens is 2. The molecule has 3 rings (SSSR count). The second-order valence-corrected chi connectivity index (χ2v) is 5.08. The molecule has 0 aliphatic carbocycles. The summed E-state index contributed by atoms with van der Waals surface area (Å²) in [5.74, 6) is -0.816. The van der Waals surface area contributed by atoms with Crippen molar-refractivity contribution in [2.24, 2.45) is 0 Å². The first-order valence-electron chi connectivity index (χ1n) is 6.22. The van der Waals surface area contributed by atoms with Crippen LogP contribution in [0.2, 0.25) is 5.02 Å². The van der Waals surface area contributed by atoms with Crippen LogP contribution in [0.4, 0.5) is 10.1 Å². The van der Waals surface area contributed by atoms with Crippen LogP contribution in [0.3, 0.4) is 0 Å². The first-order chi connectivity index (χ1) is 9.63. The Morgan fingerprint density at radius 3 is 2.75 bits per heavy atom. The predicted octanol–water partition coefficient (Wildman–Crippen LogP) is 3.33. The van der Waals surface area contributed by atoms with Crippen LogP contribution in [0.5, 0.6) is 0 Å². The summed E-state index contributed by atoms with van der Waals surface area (Å²) in [7, 11) is 0. The highest BCUT2D eigenvalue weighted by atomic mass is 35.5. The van der Waals surface area contributed by atoms with Crippen molar-refractivity contribution in [1.29, 1.82) is 0 Å². The lowest BCUT2D eigenvalue weighted by Gasteiger charge is -2.07.